The van der Waals surface area contributed by atoms with Gasteiger partial charge < -0.3 is 14.9 Å². The Morgan fingerprint density at radius 3 is 2.42 bits per heavy atom. The lowest BCUT2D eigenvalue weighted by Gasteiger charge is -2.40. The number of carboxylic acid groups (broad SMARTS) is 1. The molecule has 0 bridgehead atoms. The number of rotatable bonds is 10. The topological polar surface area (TPSA) is 72.8 Å². The molecule has 1 N–H and O–H groups in total. The van der Waals surface area contributed by atoms with Crippen molar-refractivity contribution in [1.82, 2.24) is 19.8 Å². The van der Waals surface area contributed by atoms with Gasteiger partial charge in [0, 0.05) is 76.1 Å². The lowest BCUT2D eigenvalue weighted by molar-refractivity contribution is -0.139. The first-order chi connectivity index (χ1) is 18.6. The number of anilines is 1. The van der Waals surface area contributed by atoms with Crippen LogP contribution in [0.5, 0.6) is 0 Å². The summed E-state index contributed by atoms with van der Waals surface area (Å²) in [6.07, 6.45) is 12.0. The minimum atomic E-state index is -0.641. The van der Waals surface area contributed by atoms with Crippen molar-refractivity contribution in [3.8, 4) is 0 Å². The second-order valence-electron chi connectivity index (χ2n) is 11.7. The number of aliphatic carboxylic acids is 1. The summed E-state index contributed by atoms with van der Waals surface area (Å²) < 4.78 is 0. The average molecular weight is 520 g/mol. The lowest BCUT2D eigenvalue weighted by Crippen LogP contribution is -2.47. The summed E-state index contributed by atoms with van der Waals surface area (Å²) in [5.41, 5.74) is 1.44. The summed E-state index contributed by atoms with van der Waals surface area (Å²) in [6.45, 7) is 8.72. The highest BCUT2D eigenvalue weighted by molar-refractivity contribution is 5.67. The molecule has 206 valence electrons. The van der Waals surface area contributed by atoms with Crippen molar-refractivity contribution in [2.24, 2.45) is 11.8 Å². The van der Waals surface area contributed by atoms with Gasteiger partial charge in [0.1, 0.15) is 0 Å². The third kappa shape index (κ3) is 6.55. The predicted molar refractivity (Wildman–Crippen MR) is 151 cm³/mol. The van der Waals surface area contributed by atoms with E-state index in [0.29, 0.717) is 30.3 Å². The first-order valence-electron chi connectivity index (χ1n) is 14.9. The molecule has 3 heterocycles. The number of nitrogens with zero attached hydrogens (tertiary/aromatic N) is 5. The van der Waals surface area contributed by atoms with E-state index in [0.717, 1.165) is 77.3 Å². The Morgan fingerprint density at radius 1 is 0.974 bits per heavy atom. The van der Waals surface area contributed by atoms with Gasteiger partial charge in [0.25, 0.3) is 0 Å². The molecule has 3 fully saturated rings. The number of carbonyl (C=O) groups is 1. The maximum atomic E-state index is 11.6. The number of hydrogen-bond donors (Lipinski definition) is 1. The molecule has 0 spiro atoms. The minimum absolute atomic E-state index is 0.289. The predicted octanol–water partition coefficient (Wildman–Crippen LogP) is 4.91. The maximum Gasteiger partial charge on any atom is 0.303 e. The number of aromatic nitrogens is 2. The van der Waals surface area contributed by atoms with Crippen molar-refractivity contribution in [2.45, 2.75) is 76.3 Å². The van der Waals surface area contributed by atoms with Crippen LogP contribution in [0.3, 0.4) is 0 Å². The Morgan fingerprint density at radius 2 is 1.71 bits per heavy atom. The van der Waals surface area contributed by atoms with Crippen LogP contribution in [0, 0.1) is 11.8 Å². The first-order valence-corrected chi connectivity index (χ1v) is 14.9. The van der Waals surface area contributed by atoms with Gasteiger partial charge in [0.2, 0.25) is 5.95 Å². The molecule has 0 amide bonds. The van der Waals surface area contributed by atoms with E-state index in [-0.39, 0.29) is 5.92 Å². The molecule has 1 aliphatic carbocycles. The van der Waals surface area contributed by atoms with Gasteiger partial charge in [-0.15, -0.1) is 0 Å². The molecule has 0 radical (unpaired) electrons. The zero-order valence-corrected chi connectivity index (χ0v) is 23.0. The van der Waals surface area contributed by atoms with E-state index < -0.39 is 5.97 Å². The normalized spacial score (nSPS) is 27.4. The zero-order chi connectivity index (χ0) is 26.3. The molecular weight excluding hydrogens is 474 g/mol. The molecule has 2 saturated heterocycles. The fourth-order valence-corrected chi connectivity index (χ4v) is 7.44. The van der Waals surface area contributed by atoms with E-state index in [1.165, 1.54) is 18.4 Å². The van der Waals surface area contributed by atoms with Crippen molar-refractivity contribution in [3.63, 3.8) is 0 Å². The van der Waals surface area contributed by atoms with E-state index in [2.05, 4.69) is 61.9 Å². The Bertz CT molecular complexity index is 998. The van der Waals surface area contributed by atoms with Crippen LogP contribution in [0.4, 0.5) is 5.95 Å². The van der Waals surface area contributed by atoms with Crippen LogP contribution in [0.2, 0.25) is 0 Å². The van der Waals surface area contributed by atoms with Gasteiger partial charge in [0.05, 0.1) is 0 Å². The third-order valence-corrected chi connectivity index (χ3v) is 9.24. The van der Waals surface area contributed by atoms with Crippen molar-refractivity contribution in [3.05, 3.63) is 54.4 Å². The van der Waals surface area contributed by atoms with Gasteiger partial charge >= 0.3 is 5.97 Å². The average Bonchev–Trinajstić information content (AvgIpc) is 3.36. The monoisotopic (exact) mass is 519 g/mol. The Hall–Kier alpha value is -2.51. The molecule has 2 aromatic rings. The molecule has 3 aliphatic rings. The summed E-state index contributed by atoms with van der Waals surface area (Å²) in [4.78, 5) is 28.5. The highest BCUT2D eigenvalue weighted by atomic mass is 16.4. The van der Waals surface area contributed by atoms with Gasteiger partial charge in [0.15, 0.2) is 0 Å². The van der Waals surface area contributed by atoms with E-state index in [4.69, 9.17) is 0 Å². The first kappa shape index (κ1) is 27.1. The van der Waals surface area contributed by atoms with E-state index in [1.807, 2.05) is 18.5 Å². The van der Waals surface area contributed by atoms with Crippen LogP contribution in [-0.4, -0.2) is 82.2 Å². The highest BCUT2D eigenvalue weighted by Gasteiger charge is 2.41. The number of carboxylic acids is 1. The second-order valence-corrected chi connectivity index (χ2v) is 11.7. The van der Waals surface area contributed by atoms with Gasteiger partial charge in [-0.25, -0.2) is 9.97 Å². The number of benzene rings is 1. The van der Waals surface area contributed by atoms with Crippen LogP contribution < -0.4 is 4.90 Å². The fourth-order valence-electron chi connectivity index (χ4n) is 7.44. The van der Waals surface area contributed by atoms with Crippen molar-refractivity contribution in [2.75, 3.05) is 44.2 Å². The zero-order valence-electron chi connectivity index (χ0n) is 23.0. The summed E-state index contributed by atoms with van der Waals surface area (Å²) in [5.74, 6) is 1.60. The van der Waals surface area contributed by atoms with E-state index >= 15 is 0 Å². The third-order valence-electron chi connectivity index (χ3n) is 9.24. The maximum absolute atomic E-state index is 11.6. The van der Waals surface area contributed by atoms with Crippen molar-refractivity contribution < 1.29 is 9.90 Å². The standard InChI is InChI=1S/C31H45N5O2/c1-2-17-36(31-32-15-8-16-33-31)27-13-18-34(19-14-27)21-26-22-35(23-28(26)24-9-4-3-5-10-24)29-12-7-6-11-25(29)20-30(37)38/h3-5,8-10,15-16,25-29H,2,6-7,11-14,17-23H2,1H3,(H,37,38). The summed E-state index contributed by atoms with van der Waals surface area (Å²) >= 11 is 0. The van der Waals surface area contributed by atoms with Crippen LogP contribution in [-0.2, 0) is 4.79 Å². The van der Waals surface area contributed by atoms with Crippen molar-refractivity contribution in [1.29, 1.82) is 0 Å². The number of hydrogen-bond acceptors (Lipinski definition) is 6. The van der Waals surface area contributed by atoms with Crippen LogP contribution in [0.25, 0.3) is 0 Å². The SMILES string of the molecule is CCCN(c1ncccn1)C1CCN(CC2CN(C3CCCCC3CC(=O)O)CC2c2ccccc2)CC1. The van der Waals surface area contributed by atoms with Gasteiger partial charge in [-0.2, -0.15) is 0 Å². The largest absolute Gasteiger partial charge is 0.481 e. The van der Waals surface area contributed by atoms with E-state index in [9.17, 15) is 9.90 Å². The molecule has 5 rings (SSSR count). The van der Waals surface area contributed by atoms with Crippen LogP contribution in [0.1, 0.15) is 69.8 Å². The van der Waals surface area contributed by atoms with Crippen LogP contribution >= 0.6 is 0 Å². The summed E-state index contributed by atoms with van der Waals surface area (Å²) in [6, 6.07) is 13.8. The molecule has 1 aromatic heterocycles. The minimum Gasteiger partial charge on any atom is -0.481 e. The molecule has 7 heteroatoms. The van der Waals surface area contributed by atoms with Gasteiger partial charge in [-0.3, -0.25) is 9.69 Å². The molecule has 4 unspecified atom stereocenters. The van der Waals surface area contributed by atoms with Crippen molar-refractivity contribution >= 4 is 11.9 Å². The summed E-state index contributed by atoms with van der Waals surface area (Å²) in [7, 11) is 0. The Balaban J connectivity index is 1.25. The quantitative estimate of drug-likeness (QED) is 0.478. The Kier molecular flexibility index (Phi) is 9.28. The molecule has 2 aliphatic heterocycles. The molecule has 1 saturated carbocycles. The summed E-state index contributed by atoms with van der Waals surface area (Å²) in [5, 5.41) is 9.56. The van der Waals surface area contributed by atoms with E-state index in [1.54, 1.807) is 0 Å². The molecule has 38 heavy (non-hydrogen) atoms. The lowest BCUT2D eigenvalue weighted by atomic mass is 9.81. The number of likely N-dealkylation sites (tertiary alicyclic amines) is 2. The van der Waals surface area contributed by atoms with Gasteiger partial charge in [-0.1, -0.05) is 50.1 Å². The highest BCUT2D eigenvalue weighted by Crippen LogP contribution is 2.40. The van der Waals surface area contributed by atoms with Crippen LogP contribution in [0.15, 0.2) is 48.8 Å². The van der Waals surface area contributed by atoms with Gasteiger partial charge in [-0.05, 0) is 55.6 Å². The molecule has 4 atom stereocenters. The molecule has 7 nitrogen and oxygen atoms in total. The second kappa shape index (κ2) is 13.0. The number of piperidine rings is 1. The molecular formula is C31H45N5O2. The Labute approximate surface area is 228 Å². The molecule has 1 aromatic carbocycles. The fraction of sp³-hybridized carbons (Fsp3) is 0.645. The smallest absolute Gasteiger partial charge is 0.303 e.